The average molecular weight is 373 g/mol. The molecule has 2 amide bonds. The Bertz CT molecular complexity index is 858. The molecule has 3 atom stereocenters. The predicted octanol–water partition coefficient (Wildman–Crippen LogP) is 3.51. The summed E-state index contributed by atoms with van der Waals surface area (Å²) in [7, 11) is 0. The van der Waals surface area contributed by atoms with E-state index < -0.39 is 5.82 Å². The first-order valence-electron chi connectivity index (χ1n) is 8.65. The lowest BCUT2D eigenvalue weighted by molar-refractivity contribution is 0.0648. The number of halogens is 2. The Morgan fingerprint density at radius 3 is 2.54 bits per heavy atom. The molecule has 2 fully saturated rings. The summed E-state index contributed by atoms with van der Waals surface area (Å²) < 4.78 is 13.4. The van der Waals surface area contributed by atoms with E-state index in [1.807, 2.05) is 18.2 Å². The minimum atomic E-state index is -0.542. The number of amides is 2. The van der Waals surface area contributed by atoms with Crippen molar-refractivity contribution >= 4 is 23.4 Å². The van der Waals surface area contributed by atoms with Crippen molar-refractivity contribution in [3.63, 3.8) is 0 Å². The SMILES string of the molecule is O=C(N[C@H]1C[C@@H]2C[C@H]1N(C(=O)c1ccc(F)c(Cl)c1)C2)c1ccccc1. The molecule has 1 saturated carbocycles. The molecule has 2 aliphatic rings. The van der Waals surface area contributed by atoms with Gasteiger partial charge >= 0.3 is 0 Å². The summed E-state index contributed by atoms with van der Waals surface area (Å²) in [6.45, 7) is 0.663. The number of carbonyl (C=O) groups is 2. The van der Waals surface area contributed by atoms with Gasteiger partial charge in [-0.2, -0.15) is 0 Å². The molecule has 1 aliphatic carbocycles. The van der Waals surface area contributed by atoms with Gasteiger partial charge in [-0.3, -0.25) is 9.59 Å². The predicted molar refractivity (Wildman–Crippen MR) is 96.7 cm³/mol. The molecule has 2 bridgehead atoms. The Morgan fingerprint density at radius 2 is 1.85 bits per heavy atom. The fraction of sp³-hybridized carbons (Fsp3) is 0.300. The van der Waals surface area contributed by atoms with Crippen LogP contribution in [-0.2, 0) is 0 Å². The average Bonchev–Trinajstić information content (AvgIpc) is 3.24. The van der Waals surface area contributed by atoms with Crippen LogP contribution in [0.4, 0.5) is 4.39 Å². The topological polar surface area (TPSA) is 49.4 Å². The van der Waals surface area contributed by atoms with Crippen LogP contribution in [0.3, 0.4) is 0 Å². The number of piperidine rings is 1. The van der Waals surface area contributed by atoms with Crippen molar-refractivity contribution in [1.29, 1.82) is 0 Å². The molecule has 134 valence electrons. The van der Waals surface area contributed by atoms with Crippen molar-refractivity contribution in [2.45, 2.75) is 24.9 Å². The van der Waals surface area contributed by atoms with Crippen LogP contribution in [0.2, 0.25) is 5.02 Å². The van der Waals surface area contributed by atoms with E-state index in [4.69, 9.17) is 11.6 Å². The van der Waals surface area contributed by atoms with Crippen LogP contribution in [0.1, 0.15) is 33.6 Å². The number of likely N-dealkylation sites (tertiary alicyclic amines) is 1. The minimum Gasteiger partial charge on any atom is -0.347 e. The second-order valence-corrected chi connectivity index (χ2v) is 7.34. The molecule has 0 spiro atoms. The third kappa shape index (κ3) is 3.07. The van der Waals surface area contributed by atoms with Gasteiger partial charge in [-0.15, -0.1) is 0 Å². The van der Waals surface area contributed by atoms with E-state index in [1.165, 1.54) is 18.2 Å². The third-order valence-corrected chi connectivity index (χ3v) is 5.55. The molecule has 2 aromatic rings. The van der Waals surface area contributed by atoms with E-state index >= 15 is 0 Å². The molecule has 4 rings (SSSR count). The Hall–Kier alpha value is -2.40. The smallest absolute Gasteiger partial charge is 0.254 e. The molecule has 1 N–H and O–H groups in total. The minimum absolute atomic E-state index is 0.0380. The molecule has 1 aliphatic heterocycles. The van der Waals surface area contributed by atoms with Crippen LogP contribution >= 0.6 is 11.6 Å². The second-order valence-electron chi connectivity index (χ2n) is 6.94. The molecule has 0 aromatic heterocycles. The highest BCUT2D eigenvalue weighted by molar-refractivity contribution is 6.31. The van der Waals surface area contributed by atoms with Gasteiger partial charge in [0, 0.05) is 23.7 Å². The lowest BCUT2D eigenvalue weighted by atomic mass is 10.0. The number of nitrogens with zero attached hydrogens (tertiary/aromatic N) is 1. The second kappa shape index (κ2) is 6.72. The highest BCUT2D eigenvalue weighted by Crippen LogP contribution is 2.39. The highest BCUT2D eigenvalue weighted by atomic mass is 35.5. The number of fused-ring (bicyclic) bond motifs is 2. The van der Waals surface area contributed by atoms with Crippen molar-refractivity contribution in [2.75, 3.05) is 6.54 Å². The molecule has 1 heterocycles. The van der Waals surface area contributed by atoms with Gasteiger partial charge in [-0.25, -0.2) is 4.39 Å². The van der Waals surface area contributed by atoms with Crippen LogP contribution in [0.25, 0.3) is 0 Å². The van der Waals surface area contributed by atoms with Gasteiger partial charge < -0.3 is 10.2 Å². The summed E-state index contributed by atoms with van der Waals surface area (Å²) in [4.78, 5) is 27.1. The molecule has 0 radical (unpaired) electrons. The van der Waals surface area contributed by atoms with Crippen LogP contribution in [0, 0.1) is 11.7 Å². The number of nitrogens with one attached hydrogen (secondary N) is 1. The summed E-state index contributed by atoms with van der Waals surface area (Å²) in [5.41, 5.74) is 0.982. The third-order valence-electron chi connectivity index (χ3n) is 5.26. The Kier molecular flexibility index (Phi) is 4.41. The maximum absolute atomic E-state index is 13.4. The van der Waals surface area contributed by atoms with E-state index in [9.17, 15) is 14.0 Å². The summed E-state index contributed by atoms with van der Waals surface area (Å²) in [5, 5.41) is 3.00. The molecule has 2 aromatic carbocycles. The summed E-state index contributed by atoms with van der Waals surface area (Å²) >= 11 is 5.81. The summed E-state index contributed by atoms with van der Waals surface area (Å²) in [6.07, 6.45) is 1.75. The standard InChI is InChI=1S/C20H18ClFN2O2/c21-15-10-14(6-7-16(15)22)20(26)24-11-12-8-17(18(24)9-12)23-19(25)13-4-2-1-3-5-13/h1-7,10,12,17-18H,8-9,11H2,(H,23,25)/t12-,17+,18-/m1/s1. The Morgan fingerprint density at radius 1 is 1.08 bits per heavy atom. The van der Waals surface area contributed by atoms with Gasteiger partial charge in [-0.1, -0.05) is 29.8 Å². The number of rotatable bonds is 3. The number of hydrogen-bond acceptors (Lipinski definition) is 2. The van der Waals surface area contributed by atoms with Gasteiger partial charge in [0.2, 0.25) is 0 Å². The number of carbonyl (C=O) groups excluding carboxylic acids is 2. The van der Waals surface area contributed by atoms with E-state index in [0.717, 1.165) is 12.8 Å². The van der Waals surface area contributed by atoms with E-state index in [0.29, 0.717) is 23.6 Å². The molecule has 26 heavy (non-hydrogen) atoms. The largest absolute Gasteiger partial charge is 0.347 e. The van der Waals surface area contributed by atoms with Crippen molar-refractivity contribution in [3.8, 4) is 0 Å². The van der Waals surface area contributed by atoms with E-state index in [2.05, 4.69) is 5.32 Å². The first-order chi connectivity index (χ1) is 12.5. The van der Waals surface area contributed by atoms with E-state index in [-0.39, 0.29) is 28.9 Å². The molecule has 6 heteroatoms. The lowest BCUT2D eigenvalue weighted by Gasteiger charge is -2.34. The summed E-state index contributed by atoms with van der Waals surface area (Å²) in [6, 6.07) is 13.0. The fourth-order valence-electron chi connectivity index (χ4n) is 4.05. The van der Waals surface area contributed by atoms with Gasteiger partial charge in [-0.05, 0) is 49.1 Å². The van der Waals surface area contributed by atoms with Crippen LogP contribution in [0.5, 0.6) is 0 Å². The van der Waals surface area contributed by atoms with Crippen molar-refractivity contribution in [3.05, 3.63) is 70.5 Å². The van der Waals surface area contributed by atoms with E-state index in [1.54, 1.807) is 17.0 Å². The fourth-order valence-corrected chi connectivity index (χ4v) is 4.23. The Balaban J connectivity index is 1.49. The zero-order valence-corrected chi connectivity index (χ0v) is 14.7. The number of hydrogen-bond donors (Lipinski definition) is 1. The molecular formula is C20H18ClFN2O2. The molecule has 1 saturated heterocycles. The normalized spacial score (nSPS) is 23.9. The van der Waals surface area contributed by atoms with Gasteiger partial charge in [0.1, 0.15) is 5.82 Å². The maximum atomic E-state index is 13.4. The first kappa shape index (κ1) is 17.0. The number of benzene rings is 2. The van der Waals surface area contributed by atoms with Crippen LogP contribution < -0.4 is 5.32 Å². The Labute approximate surface area is 155 Å². The zero-order chi connectivity index (χ0) is 18.3. The maximum Gasteiger partial charge on any atom is 0.254 e. The highest BCUT2D eigenvalue weighted by Gasteiger charge is 2.47. The van der Waals surface area contributed by atoms with Gasteiger partial charge in [0.05, 0.1) is 11.1 Å². The zero-order valence-electron chi connectivity index (χ0n) is 14.0. The van der Waals surface area contributed by atoms with Crippen molar-refractivity contribution < 1.29 is 14.0 Å². The lowest BCUT2D eigenvalue weighted by Crippen LogP contribution is -2.51. The van der Waals surface area contributed by atoms with Crippen molar-refractivity contribution in [1.82, 2.24) is 10.2 Å². The summed E-state index contributed by atoms with van der Waals surface area (Å²) in [5.74, 6) is -0.460. The van der Waals surface area contributed by atoms with Gasteiger partial charge in [0.25, 0.3) is 11.8 Å². The van der Waals surface area contributed by atoms with Gasteiger partial charge in [0.15, 0.2) is 0 Å². The first-order valence-corrected chi connectivity index (χ1v) is 9.02. The van der Waals surface area contributed by atoms with Crippen LogP contribution in [0.15, 0.2) is 48.5 Å². The molecule has 0 unspecified atom stereocenters. The van der Waals surface area contributed by atoms with Crippen LogP contribution in [-0.4, -0.2) is 35.3 Å². The van der Waals surface area contributed by atoms with Crippen molar-refractivity contribution in [2.24, 2.45) is 5.92 Å². The molecular weight excluding hydrogens is 355 g/mol. The monoisotopic (exact) mass is 372 g/mol. The quantitative estimate of drug-likeness (QED) is 0.896. The molecule has 4 nitrogen and oxygen atoms in total.